The second-order valence-electron chi connectivity index (χ2n) is 9.70. The van der Waals surface area contributed by atoms with Crippen LogP contribution in [0.2, 0.25) is 0 Å². The van der Waals surface area contributed by atoms with Gasteiger partial charge in [0, 0.05) is 11.6 Å². The lowest BCUT2D eigenvalue weighted by molar-refractivity contribution is -0.138. The second-order valence-corrected chi connectivity index (χ2v) is 11.8. The molecule has 1 heterocycles. The van der Waals surface area contributed by atoms with Crippen molar-refractivity contribution in [2.24, 2.45) is 0 Å². The van der Waals surface area contributed by atoms with Gasteiger partial charge in [0.25, 0.3) is 5.56 Å². The topological polar surface area (TPSA) is 79.9 Å². The molecule has 0 amide bonds. The molecule has 4 aromatic rings. The fourth-order valence-corrected chi connectivity index (χ4v) is 5.93. The first kappa shape index (κ1) is 32.4. The van der Waals surface area contributed by atoms with Gasteiger partial charge in [0.05, 0.1) is 34.0 Å². The Hall–Kier alpha value is -4.51. The minimum absolute atomic E-state index is 0.0496. The van der Waals surface area contributed by atoms with Gasteiger partial charge in [0.15, 0.2) is 9.84 Å². The van der Waals surface area contributed by atoms with E-state index in [2.05, 4.69) is 0 Å². The summed E-state index contributed by atoms with van der Waals surface area (Å²) in [5.41, 5.74) is -6.86. The van der Waals surface area contributed by atoms with E-state index in [0.29, 0.717) is 28.8 Å². The third kappa shape index (κ3) is 6.67. The molecule has 230 valence electrons. The summed E-state index contributed by atoms with van der Waals surface area (Å²) in [4.78, 5) is 12.6. The molecular formula is C30H20F8N2O3S. The average Bonchev–Trinajstić information content (AvgIpc) is 2.94. The molecule has 14 heteroatoms. The predicted molar refractivity (Wildman–Crippen MR) is 144 cm³/mol. The molecule has 0 unspecified atom stereocenters. The molecule has 0 bridgehead atoms. The lowest BCUT2D eigenvalue weighted by atomic mass is 9.98. The van der Waals surface area contributed by atoms with E-state index in [-0.39, 0.29) is 28.7 Å². The minimum Gasteiger partial charge on any atom is -0.303 e. The van der Waals surface area contributed by atoms with E-state index in [1.807, 2.05) is 0 Å². The molecule has 1 aromatic heterocycles. The van der Waals surface area contributed by atoms with Crippen molar-refractivity contribution in [3.05, 3.63) is 111 Å². The zero-order chi connectivity index (χ0) is 32.6. The lowest BCUT2D eigenvalue weighted by Crippen LogP contribution is -2.29. The summed E-state index contributed by atoms with van der Waals surface area (Å²) in [6.07, 6.45) is -10.0. The maximum absolute atomic E-state index is 14.5. The number of pyridine rings is 1. The van der Waals surface area contributed by atoms with Crippen molar-refractivity contribution < 1.29 is 43.5 Å². The highest BCUT2D eigenvalue weighted by Gasteiger charge is 2.37. The Balaban J connectivity index is 2.00. The summed E-state index contributed by atoms with van der Waals surface area (Å²) >= 11 is 0. The summed E-state index contributed by atoms with van der Waals surface area (Å²) < 4.78 is 137. The summed E-state index contributed by atoms with van der Waals surface area (Å²) in [5.74, 6) is -2.52. The standard InChI is InChI=1S/C30H20F8N2O3S/c1-2-8-44(42,43)23-11-20(10-21(12-23)29(33,34)35)17-4-3-5-18(9-17)27-14-25(30(36,37)38)24(15-39)28(41)40(27)16-19-6-7-22(31)13-26(19)32/h3-7,9-14H,2,8,16H2,1H3. The van der Waals surface area contributed by atoms with Crippen molar-refractivity contribution in [2.45, 2.75) is 37.1 Å². The zero-order valence-corrected chi connectivity index (χ0v) is 23.3. The average molecular weight is 641 g/mol. The first-order valence-corrected chi connectivity index (χ1v) is 14.4. The molecule has 0 fully saturated rings. The highest BCUT2D eigenvalue weighted by atomic mass is 32.2. The molecule has 0 atom stereocenters. The van der Waals surface area contributed by atoms with E-state index in [1.165, 1.54) is 31.2 Å². The summed E-state index contributed by atoms with van der Waals surface area (Å²) in [6, 6.07) is 11.1. The van der Waals surface area contributed by atoms with E-state index >= 15 is 0 Å². The quantitative estimate of drug-likeness (QED) is 0.195. The third-order valence-electron chi connectivity index (χ3n) is 6.62. The van der Waals surface area contributed by atoms with Crippen LogP contribution in [0.15, 0.2) is 76.4 Å². The maximum atomic E-state index is 14.5. The minimum atomic E-state index is -5.18. The number of nitrogens with zero attached hydrogens (tertiary/aromatic N) is 2. The molecule has 0 aliphatic heterocycles. The fourth-order valence-electron chi connectivity index (χ4n) is 4.55. The monoisotopic (exact) mass is 640 g/mol. The molecule has 0 saturated heterocycles. The highest BCUT2D eigenvalue weighted by Crippen LogP contribution is 2.37. The van der Waals surface area contributed by atoms with Crippen LogP contribution < -0.4 is 5.56 Å². The van der Waals surface area contributed by atoms with Crippen LogP contribution in [0.25, 0.3) is 22.4 Å². The van der Waals surface area contributed by atoms with Gasteiger partial charge in [-0.2, -0.15) is 31.6 Å². The predicted octanol–water partition coefficient (Wildman–Crippen LogP) is 7.60. The molecule has 44 heavy (non-hydrogen) atoms. The van der Waals surface area contributed by atoms with Crippen molar-refractivity contribution in [3.63, 3.8) is 0 Å². The molecule has 0 radical (unpaired) electrons. The number of aromatic nitrogens is 1. The van der Waals surface area contributed by atoms with Crippen LogP contribution in [-0.4, -0.2) is 18.7 Å². The maximum Gasteiger partial charge on any atom is 0.417 e. The van der Waals surface area contributed by atoms with Crippen molar-refractivity contribution in [2.75, 3.05) is 5.75 Å². The summed E-state index contributed by atoms with van der Waals surface area (Å²) in [5, 5.41) is 9.39. The van der Waals surface area contributed by atoms with E-state index in [9.17, 15) is 53.6 Å². The van der Waals surface area contributed by atoms with E-state index in [1.54, 1.807) is 0 Å². The van der Waals surface area contributed by atoms with Crippen molar-refractivity contribution in [1.82, 2.24) is 4.57 Å². The van der Waals surface area contributed by atoms with Gasteiger partial charge in [-0.1, -0.05) is 31.2 Å². The number of benzene rings is 3. The van der Waals surface area contributed by atoms with Crippen LogP contribution in [0.5, 0.6) is 0 Å². The molecule has 0 saturated carbocycles. The van der Waals surface area contributed by atoms with Gasteiger partial charge in [-0.3, -0.25) is 4.79 Å². The highest BCUT2D eigenvalue weighted by molar-refractivity contribution is 7.91. The fraction of sp³-hybridized carbons (Fsp3) is 0.200. The first-order valence-electron chi connectivity index (χ1n) is 12.7. The third-order valence-corrected chi connectivity index (χ3v) is 8.52. The van der Waals surface area contributed by atoms with Crippen molar-refractivity contribution in [1.29, 1.82) is 5.26 Å². The number of rotatable bonds is 7. The largest absolute Gasteiger partial charge is 0.417 e. The Bertz CT molecular complexity index is 1960. The number of halogens is 8. The van der Waals surface area contributed by atoms with Crippen LogP contribution in [0, 0.1) is 23.0 Å². The number of hydrogen-bond acceptors (Lipinski definition) is 4. The lowest BCUT2D eigenvalue weighted by Gasteiger charge is -2.19. The molecule has 5 nitrogen and oxygen atoms in total. The second kappa shape index (κ2) is 11.9. The van der Waals surface area contributed by atoms with E-state index in [0.717, 1.165) is 24.3 Å². The molecule has 3 aromatic carbocycles. The molecule has 0 aliphatic carbocycles. The van der Waals surface area contributed by atoms with Crippen LogP contribution >= 0.6 is 0 Å². The summed E-state index contributed by atoms with van der Waals surface area (Å²) in [6.45, 7) is 0.792. The van der Waals surface area contributed by atoms with Crippen molar-refractivity contribution >= 4 is 9.84 Å². The van der Waals surface area contributed by atoms with Crippen LogP contribution in [0.1, 0.15) is 35.6 Å². The van der Waals surface area contributed by atoms with Crippen LogP contribution in [0.4, 0.5) is 35.1 Å². The molecular weight excluding hydrogens is 620 g/mol. The number of hydrogen-bond donors (Lipinski definition) is 0. The Morgan fingerprint density at radius 2 is 1.52 bits per heavy atom. The number of alkyl halides is 6. The Kier molecular flexibility index (Phi) is 8.75. The van der Waals surface area contributed by atoms with Gasteiger partial charge in [0.1, 0.15) is 23.3 Å². The van der Waals surface area contributed by atoms with Gasteiger partial charge in [0.2, 0.25) is 0 Å². The van der Waals surface area contributed by atoms with Gasteiger partial charge in [-0.25, -0.2) is 17.2 Å². The molecule has 0 spiro atoms. The Morgan fingerprint density at radius 3 is 2.11 bits per heavy atom. The molecule has 4 rings (SSSR count). The Labute approximate surface area is 245 Å². The molecule has 0 aliphatic rings. The van der Waals surface area contributed by atoms with Gasteiger partial charge in [-0.05, 0) is 59.5 Å². The van der Waals surface area contributed by atoms with Gasteiger partial charge >= 0.3 is 12.4 Å². The van der Waals surface area contributed by atoms with Crippen LogP contribution in [-0.2, 0) is 28.7 Å². The summed E-state index contributed by atoms with van der Waals surface area (Å²) in [7, 11) is -4.13. The van der Waals surface area contributed by atoms with E-state index in [4.69, 9.17) is 0 Å². The van der Waals surface area contributed by atoms with Gasteiger partial charge in [-0.15, -0.1) is 0 Å². The number of nitriles is 1. The normalized spacial score (nSPS) is 12.3. The van der Waals surface area contributed by atoms with Gasteiger partial charge < -0.3 is 4.57 Å². The SMILES string of the molecule is CCCS(=O)(=O)c1cc(-c2cccc(-c3cc(C(F)(F)F)c(C#N)c(=O)n3Cc3ccc(F)cc3F)c2)cc(C(F)(F)F)c1. The smallest absolute Gasteiger partial charge is 0.303 e. The first-order chi connectivity index (χ1) is 20.5. The number of sulfone groups is 1. The molecule has 0 N–H and O–H groups in total. The van der Waals surface area contributed by atoms with Crippen LogP contribution in [0.3, 0.4) is 0 Å². The van der Waals surface area contributed by atoms with E-state index < -0.39 is 79.0 Å². The zero-order valence-electron chi connectivity index (χ0n) is 22.5. The van der Waals surface area contributed by atoms with Crippen molar-refractivity contribution in [3.8, 4) is 28.5 Å². The Morgan fingerprint density at radius 1 is 0.841 bits per heavy atom.